The lowest BCUT2D eigenvalue weighted by Crippen LogP contribution is -2.15. The second-order valence-electron chi connectivity index (χ2n) is 5.05. The number of hydrogen-bond acceptors (Lipinski definition) is 5. The van der Waals surface area contributed by atoms with E-state index in [1.165, 1.54) is 0 Å². The Balaban J connectivity index is 1.69. The van der Waals surface area contributed by atoms with Gasteiger partial charge in [-0.05, 0) is 36.1 Å². The zero-order chi connectivity index (χ0) is 16.2. The molecule has 0 radical (unpaired) electrons. The third-order valence-electron chi connectivity index (χ3n) is 3.25. The Hall–Kier alpha value is -2.18. The van der Waals surface area contributed by atoms with Crippen molar-refractivity contribution >= 4 is 34.3 Å². The standard InChI is InChI=1S/C17H16N2O2S2/c1-11-5-6-14(21-2)13(8-11)19-16(20)9-12-10-23-17(18-12)15-4-3-7-22-15/h3-8,10H,9H2,1-2H3,(H,19,20). The van der Waals surface area contributed by atoms with Crippen molar-refractivity contribution in [3.63, 3.8) is 0 Å². The fourth-order valence-corrected chi connectivity index (χ4v) is 3.81. The molecule has 0 saturated carbocycles. The van der Waals surface area contributed by atoms with E-state index in [1.54, 1.807) is 29.8 Å². The second kappa shape index (κ2) is 6.93. The fraction of sp³-hybridized carbons (Fsp3) is 0.176. The van der Waals surface area contributed by atoms with Crippen LogP contribution >= 0.6 is 22.7 Å². The lowest BCUT2D eigenvalue weighted by molar-refractivity contribution is -0.115. The zero-order valence-electron chi connectivity index (χ0n) is 12.8. The van der Waals surface area contributed by atoms with Crippen LogP contribution in [0.2, 0.25) is 0 Å². The van der Waals surface area contributed by atoms with Gasteiger partial charge >= 0.3 is 0 Å². The highest BCUT2D eigenvalue weighted by Gasteiger charge is 2.12. The topological polar surface area (TPSA) is 51.2 Å². The van der Waals surface area contributed by atoms with Crippen molar-refractivity contribution in [2.45, 2.75) is 13.3 Å². The van der Waals surface area contributed by atoms with E-state index < -0.39 is 0 Å². The smallest absolute Gasteiger partial charge is 0.230 e. The maximum absolute atomic E-state index is 12.3. The van der Waals surface area contributed by atoms with Gasteiger partial charge in [0.2, 0.25) is 5.91 Å². The first-order valence-corrected chi connectivity index (χ1v) is 8.84. The highest BCUT2D eigenvalue weighted by molar-refractivity contribution is 7.20. The SMILES string of the molecule is COc1ccc(C)cc1NC(=O)Cc1csc(-c2cccs2)n1. The molecule has 0 spiro atoms. The molecular formula is C17H16N2O2S2. The predicted molar refractivity (Wildman–Crippen MR) is 95.5 cm³/mol. The molecule has 3 rings (SSSR count). The number of hydrogen-bond donors (Lipinski definition) is 1. The number of nitrogens with one attached hydrogen (secondary N) is 1. The molecule has 0 unspecified atom stereocenters. The van der Waals surface area contributed by atoms with Crippen molar-refractivity contribution in [1.29, 1.82) is 0 Å². The summed E-state index contributed by atoms with van der Waals surface area (Å²) in [5.41, 5.74) is 2.53. The molecule has 1 amide bonds. The Labute approximate surface area is 142 Å². The third-order valence-corrected chi connectivity index (χ3v) is 5.18. The summed E-state index contributed by atoms with van der Waals surface area (Å²) in [6.45, 7) is 1.98. The normalized spacial score (nSPS) is 10.5. The summed E-state index contributed by atoms with van der Waals surface area (Å²) in [5.74, 6) is 0.554. The maximum Gasteiger partial charge on any atom is 0.230 e. The average molecular weight is 344 g/mol. The summed E-state index contributed by atoms with van der Waals surface area (Å²) >= 11 is 3.21. The lowest BCUT2D eigenvalue weighted by atomic mass is 10.2. The minimum absolute atomic E-state index is 0.100. The molecule has 0 aliphatic heterocycles. The Morgan fingerprint density at radius 2 is 2.17 bits per heavy atom. The molecule has 0 fully saturated rings. The highest BCUT2D eigenvalue weighted by atomic mass is 32.1. The van der Waals surface area contributed by atoms with Crippen LogP contribution in [0.1, 0.15) is 11.3 Å². The molecule has 118 valence electrons. The van der Waals surface area contributed by atoms with Crippen LogP contribution in [0.4, 0.5) is 5.69 Å². The number of nitrogens with zero attached hydrogens (tertiary/aromatic N) is 1. The molecule has 1 aromatic carbocycles. The van der Waals surface area contributed by atoms with Crippen LogP contribution < -0.4 is 10.1 Å². The molecule has 0 saturated heterocycles. The Bertz CT molecular complexity index is 810. The van der Waals surface area contributed by atoms with Gasteiger partial charge < -0.3 is 10.1 Å². The molecule has 2 heterocycles. The van der Waals surface area contributed by atoms with Gasteiger partial charge in [0.15, 0.2) is 0 Å². The van der Waals surface area contributed by atoms with Crippen molar-refractivity contribution in [1.82, 2.24) is 4.98 Å². The van der Waals surface area contributed by atoms with Gasteiger partial charge in [-0.2, -0.15) is 0 Å². The van der Waals surface area contributed by atoms with Gasteiger partial charge in [-0.15, -0.1) is 22.7 Å². The Morgan fingerprint density at radius 1 is 1.30 bits per heavy atom. The van der Waals surface area contributed by atoms with Crippen LogP contribution in [0.5, 0.6) is 5.75 Å². The number of aryl methyl sites for hydroxylation is 1. The predicted octanol–water partition coefficient (Wildman–Crippen LogP) is 4.37. The molecule has 0 aliphatic rings. The third kappa shape index (κ3) is 3.78. The Kier molecular flexibility index (Phi) is 4.73. The molecule has 0 aliphatic carbocycles. The van der Waals surface area contributed by atoms with Gasteiger partial charge in [0.1, 0.15) is 10.8 Å². The number of rotatable bonds is 5. The molecule has 0 bridgehead atoms. The summed E-state index contributed by atoms with van der Waals surface area (Å²) in [6, 6.07) is 9.72. The summed E-state index contributed by atoms with van der Waals surface area (Å²) in [4.78, 5) is 17.9. The van der Waals surface area contributed by atoms with Gasteiger partial charge in [0.25, 0.3) is 0 Å². The minimum Gasteiger partial charge on any atom is -0.495 e. The van der Waals surface area contributed by atoms with E-state index in [0.29, 0.717) is 11.4 Å². The van der Waals surface area contributed by atoms with Crippen molar-refractivity contribution in [3.8, 4) is 15.6 Å². The molecule has 0 atom stereocenters. The van der Waals surface area contributed by atoms with Crippen molar-refractivity contribution in [2.24, 2.45) is 0 Å². The van der Waals surface area contributed by atoms with Crippen LogP contribution in [-0.2, 0) is 11.2 Å². The van der Waals surface area contributed by atoms with E-state index in [9.17, 15) is 4.79 Å². The molecule has 6 heteroatoms. The van der Waals surface area contributed by atoms with Crippen LogP contribution in [0.15, 0.2) is 41.1 Å². The number of thiophene rings is 1. The molecular weight excluding hydrogens is 328 g/mol. The summed E-state index contributed by atoms with van der Waals surface area (Å²) in [5, 5.41) is 7.81. The molecule has 1 N–H and O–H groups in total. The van der Waals surface area contributed by atoms with Crippen molar-refractivity contribution in [3.05, 3.63) is 52.3 Å². The number of aromatic nitrogens is 1. The van der Waals surface area contributed by atoms with E-state index in [-0.39, 0.29) is 12.3 Å². The molecule has 2 aromatic heterocycles. The first-order valence-electron chi connectivity index (χ1n) is 7.08. The van der Waals surface area contributed by atoms with Gasteiger partial charge in [-0.1, -0.05) is 12.1 Å². The summed E-state index contributed by atoms with van der Waals surface area (Å²) in [6.07, 6.45) is 0.249. The number of amides is 1. The van der Waals surface area contributed by atoms with Gasteiger partial charge in [0, 0.05) is 5.38 Å². The fourth-order valence-electron chi connectivity index (χ4n) is 2.18. The van der Waals surface area contributed by atoms with E-state index in [1.807, 2.05) is 48.0 Å². The Morgan fingerprint density at radius 3 is 2.91 bits per heavy atom. The first-order chi connectivity index (χ1) is 11.2. The van der Waals surface area contributed by atoms with E-state index in [0.717, 1.165) is 21.1 Å². The van der Waals surface area contributed by atoms with E-state index >= 15 is 0 Å². The quantitative estimate of drug-likeness (QED) is 0.748. The second-order valence-corrected chi connectivity index (χ2v) is 6.86. The van der Waals surface area contributed by atoms with Crippen LogP contribution in [0, 0.1) is 6.92 Å². The van der Waals surface area contributed by atoms with E-state index in [4.69, 9.17) is 4.74 Å². The highest BCUT2D eigenvalue weighted by Crippen LogP contribution is 2.28. The minimum atomic E-state index is -0.100. The van der Waals surface area contributed by atoms with Gasteiger partial charge in [-0.3, -0.25) is 4.79 Å². The van der Waals surface area contributed by atoms with Crippen LogP contribution in [-0.4, -0.2) is 18.0 Å². The number of methoxy groups -OCH3 is 1. The average Bonchev–Trinajstić information content (AvgIpc) is 3.18. The number of anilines is 1. The van der Waals surface area contributed by atoms with Crippen molar-refractivity contribution in [2.75, 3.05) is 12.4 Å². The zero-order valence-corrected chi connectivity index (χ0v) is 14.5. The molecule has 3 aromatic rings. The summed E-state index contributed by atoms with van der Waals surface area (Å²) < 4.78 is 5.28. The van der Waals surface area contributed by atoms with Crippen LogP contribution in [0.25, 0.3) is 9.88 Å². The summed E-state index contributed by atoms with van der Waals surface area (Å²) in [7, 11) is 1.59. The molecule has 23 heavy (non-hydrogen) atoms. The maximum atomic E-state index is 12.3. The van der Waals surface area contributed by atoms with Crippen molar-refractivity contribution < 1.29 is 9.53 Å². The van der Waals surface area contributed by atoms with E-state index in [2.05, 4.69) is 10.3 Å². The number of carbonyl (C=O) groups is 1. The largest absolute Gasteiger partial charge is 0.495 e. The lowest BCUT2D eigenvalue weighted by Gasteiger charge is -2.10. The number of carbonyl (C=O) groups excluding carboxylic acids is 1. The first kappa shape index (κ1) is 15.7. The number of thiazole rings is 1. The monoisotopic (exact) mass is 344 g/mol. The van der Waals surface area contributed by atoms with Crippen LogP contribution in [0.3, 0.4) is 0 Å². The number of ether oxygens (including phenoxy) is 1. The molecule has 4 nitrogen and oxygen atoms in total. The van der Waals surface area contributed by atoms with Gasteiger partial charge in [0.05, 0.1) is 29.8 Å². The number of benzene rings is 1. The van der Waals surface area contributed by atoms with Gasteiger partial charge in [-0.25, -0.2) is 4.98 Å².